The summed E-state index contributed by atoms with van der Waals surface area (Å²) >= 11 is 0. The molecule has 1 aliphatic rings. The normalized spacial score (nSPS) is 15.0. The number of aliphatic imine (C=N–C) groups is 1. The molecule has 1 saturated carbocycles. The van der Waals surface area contributed by atoms with Crippen molar-refractivity contribution in [2.24, 2.45) is 4.99 Å². The lowest BCUT2D eigenvalue weighted by atomic mass is 10.2. The van der Waals surface area contributed by atoms with Gasteiger partial charge >= 0.3 is 0 Å². The van der Waals surface area contributed by atoms with E-state index in [2.05, 4.69) is 20.6 Å². The van der Waals surface area contributed by atoms with E-state index in [1.54, 1.807) is 13.3 Å². The number of nitrogens with one attached hydrogen (secondary N) is 2. The summed E-state index contributed by atoms with van der Waals surface area (Å²) in [6, 6.07) is 3.96. The molecule has 0 unspecified atom stereocenters. The van der Waals surface area contributed by atoms with E-state index in [0.717, 1.165) is 37.5 Å². The largest absolute Gasteiger partial charge is 0.474 e. The van der Waals surface area contributed by atoms with E-state index in [1.165, 1.54) is 12.8 Å². The van der Waals surface area contributed by atoms with Gasteiger partial charge in [0.25, 0.3) is 0 Å². The molecule has 1 fully saturated rings. The summed E-state index contributed by atoms with van der Waals surface area (Å²) in [5, 5.41) is 6.45. The first-order valence-electron chi connectivity index (χ1n) is 8.44. The van der Waals surface area contributed by atoms with Crippen LogP contribution in [0.5, 0.6) is 5.88 Å². The summed E-state index contributed by atoms with van der Waals surface area (Å²) in [6.07, 6.45) is 6.91. The van der Waals surface area contributed by atoms with Crippen LogP contribution in [-0.4, -0.2) is 43.9 Å². The van der Waals surface area contributed by atoms with Crippen molar-refractivity contribution in [2.45, 2.75) is 45.3 Å². The molecule has 0 aliphatic heterocycles. The highest BCUT2D eigenvalue weighted by molar-refractivity contribution is 14.0. The van der Waals surface area contributed by atoms with Gasteiger partial charge in [-0.05, 0) is 44.2 Å². The van der Waals surface area contributed by atoms with E-state index in [4.69, 9.17) is 9.47 Å². The minimum Gasteiger partial charge on any atom is -0.474 e. The van der Waals surface area contributed by atoms with Crippen molar-refractivity contribution in [1.29, 1.82) is 0 Å². The lowest BCUT2D eigenvalue weighted by molar-refractivity contribution is 0.201. The second-order valence-corrected chi connectivity index (χ2v) is 5.64. The minimum atomic E-state index is 0. The van der Waals surface area contributed by atoms with Gasteiger partial charge in [-0.2, -0.15) is 0 Å². The van der Waals surface area contributed by atoms with Crippen molar-refractivity contribution >= 4 is 29.9 Å². The first kappa shape index (κ1) is 21.0. The van der Waals surface area contributed by atoms with Crippen LogP contribution in [0.4, 0.5) is 0 Å². The Morgan fingerprint density at radius 1 is 1.33 bits per heavy atom. The van der Waals surface area contributed by atoms with Crippen molar-refractivity contribution in [3.8, 4) is 5.88 Å². The van der Waals surface area contributed by atoms with Gasteiger partial charge in [0, 0.05) is 32.5 Å². The Morgan fingerprint density at radius 3 is 2.83 bits per heavy atom. The van der Waals surface area contributed by atoms with Crippen LogP contribution in [0.25, 0.3) is 0 Å². The molecule has 1 aromatic heterocycles. The van der Waals surface area contributed by atoms with Gasteiger partial charge in [-0.25, -0.2) is 9.98 Å². The van der Waals surface area contributed by atoms with Crippen LogP contribution in [0, 0.1) is 0 Å². The fourth-order valence-corrected chi connectivity index (χ4v) is 2.57. The molecule has 0 atom stereocenters. The Hall–Kier alpha value is -1.09. The number of hydrogen-bond acceptors (Lipinski definition) is 4. The average molecular weight is 448 g/mol. The first-order valence-corrected chi connectivity index (χ1v) is 8.44. The molecule has 7 heteroatoms. The zero-order chi connectivity index (χ0) is 16.3. The summed E-state index contributed by atoms with van der Waals surface area (Å²) in [5.74, 6) is 1.50. The zero-order valence-electron chi connectivity index (χ0n) is 14.6. The van der Waals surface area contributed by atoms with E-state index in [9.17, 15) is 0 Å². The first-order chi connectivity index (χ1) is 11.3. The molecule has 24 heavy (non-hydrogen) atoms. The Kier molecular flexibility index (Phi) is 10.7. The standard InChI is InChI=1S/C17H28N4O2.HI/c1-3-18-17(20-10-11-22-2)21-13-14-8-9-19-16(12-14)23-15-6-4-5-7-15;/h8-9,12,15H,3-7,10-11,13H2,1-2H3,(H2,18,20,21);1H. The average Bonchev–Trinajstić information content (AvgIpc) is 3.06. The third kappa shape index (κ3) is 7.65. The minimum absolute atomic E-state index is 0. The van der Waals surface area contributed by atoms with Crippen molar-refractivity contribution in [1.82, 2.24) is 15.6 Å². The number of rotatable bonds is 8. The number of guanidine groups is 1. The number of ether oxygens (including phenoxy) is 2. The van der Waals surface area contributed by atoms with E-state index < -0.39 is 0 Å². The lowest BCUT2D eigenvalue weighted by Gasteiger charge is -2.13. The maximum absolute atomic E-state index is 5.94. The van der Waals surface area contributed by atoms with Gasteiger partial charge in [-0.3, -0.25) is 0 Å². The van der Waals surface area contributed by atoms with E-state index in [1.807, 2.05) is 19.1 Å². The lowest BCUT2D eigenvalue weighted by Crippen LogP contribution is -2.38. The highest BCUT2D eigenvalue weighted by atomic mass is 127. The van der Waals surface area contributed by atoms with Crippen LogP contribution in [-0.2, 0) is 11.3 Å². The van der Waals surface area contributed by atoms with Crippen molar-refractivity contribution < 1.29 is 9.47 Å². The predicted octanol–water partition coefficient (Wildman–Crippen LogP) is 2.72. The third-order valence-corrected chi connectivity index (χ3v) is 3.75. The van der Waals surface area contributed by atoms with Crippen molar-refractivity contribution in [2.75, 3.05) is 26.8 Å². The van der Waals surface area contributed by atoms with Crippen LogP contribution in [0.1, 0.15) is 38.2 Å². The fraction of sp³-hybridized carbons (Fsp3) is 0.647. The highest BCUT2D eigenvalue weighted by Crippen LogP contribution is 2.23. The molecule has 6 nitrogen and oxygen atoms in total. The molecular formula is C17H29IN4O2. The van der Waals surface area contributed by atoms with Gasteiger partial charge in [0.2, 0.25) is 5.88 Å². The molecule has 1 heterocycles. The molecule has 1 aliphatic carbocycles. The van der Waals surface area contributed by atoms with Gasteiger partial charge in [-0.15, -0.1) is 24.0 Å². The van der Waals surface area contributed by atoms with Crippen LogP contribution >= 0.6 is 24.0 Å². The summed E-state index contributed by atoms with van der Waals surface area (Å²) < 4.78 is 11.0. The zero-order valence-corrected chi connectivity index (χ0v) is 16.9. The SMILES string of the molecule is CCNC(=NCc1ccnc(OC2CCCC2)c1)NCCOC.I. The van der Waals surface area contributed by atoms with Gasteiger partial charge in [-0.1, -0.05) is 0 Å². The van der Waals surface area contributed by atoms with Crippen LogP contribution in [0.2, 0.25) is 0 Å². The molecule has 0 bridgehead atoms. The maximum atomic E-state index is 5.94. The summed E-state index contributed by atoms with van der Waals surface area (Å²) in [5.41, 5.74) is 1.09. The number of pyridine rings is 1. The second-order valence-electron chi connectivity index (χ2n) is 5.64. The van der Waals surface area contributed by atoms with Gasteiger partial charge in [0.05, 0.1) is 13.2 Å². The molecule has 2 N–H and O–H groups in total. The maximum Gasteiger partial charge on any atom is 0.213 e. The Labute approximate surface area is 161 Å². The van der Waals surface area contributed by atoms with Crippen LogP contribution < -0.4 is 15.4 Å². The number of hydrogen-bond donors (Lipinski definition) is 2. The Bertz CT molecular complexity index is 493. The molecular weight excluding hydrogens is 419 g/mol. The number of methoxy groups -OCH3 is 1. The number of halogens is 1. The number of aromatic nitrogens is 1. The van der Waals surface area contributed by atoms with Crippen LogP contribution in [0.15, 0.2) is 23.3 Å². The quantitative estimate of drug-likeness (QED) is 0.277. The monoisotopic (exact) mass is 448 g/mol. The molecule has 0 spiro atoms. The highest BCUT2D eigenvalue weighted by Gasteiger charge is 2.16. The summed E-state index contributed by atoms with van der Waals surface area (Å²) in [6.45, 7) is 4.85. The van der Waals surface area contributed by atoms with Crippen molar-refractivity contribution in [3.63, 3.8) is 0 Å². The molecule has 0 saturated heterocycles. The van der Waals surface area contributed by atoms with Gasteiger partial charge in [0.1, 0.15) is 6.10 Å². The molecule has 0 aromatic carbocycles. The fourth-order valence-electron chi connectivity index (χ4n) is 2.57. The number of nitrogens with zero attached hydrogens (tertiary/aromatic N) is 2. The third-order valence-electron chi connectivity index (χ3n) is 3.75. The summed E-state index contributed by atoms with van der Waals surface area (Å²) in [7, 11) is 1.69. The van der Waals surface area contributed by atoms with Crippen molar-refractivity contribution in [3.05, 3.63) is 23.9 Å². The predicted molar refractivity (Wildman–Crippen MR) is 107 cm³/mol. The van der Waals surface area contributed by atoms with E-state index in [0.29, 0.717) is 25.1 Å². The molecule has 0 amide bonds. The van der Waals surface area contributed by atoms with E-state index >= 15 is 0 Å². The Balaban J connectivity index is 0.00000288. The summed E-state index contributed by atoms with van der Waals surface area (Å²) in [4.78, 5) is 8.89. The van der Waals surface area contributed by atoms with Gasteiger partial charge < -0.3 is 20.1 Å². The topological polar surface area (TPSA) is 67.8 Å². The molecule has 0 radical (unpaired) electrons. The second kappa shape index (κ2) is 12.3. The van der Waals surface area contributed by atoms with Gasteiger partial charge in [0.15, 0.2) is 5.96 Å². The molecule has 136 valence electrons. The van der Waals surface area contributed by atoms with Crippen LogP contribution in [0.3, 0.4) is 0 Å². The van der Waals surface area contributed by atoms with E-state index in [-0.39, 0.29) is 24.0 Å². The smallest absolute Gasteiger partial charge is 0.213 e. The Morgan fingerprint density at radius 2 is 2.12 bits per heavy atom. The molecule has 2 rings (SSSR count). The molecule has 1 aromatic rings.